The number of ketones is 1. The SMILES string of the molecule is CCCC(N)CC(=O)NCCCC(CC(=O)NC(CCCCNC(=O)CC(CCCN)NC)CC(C)=O)NC(=O)CC(CCCN)NC. The average Bonchev–Trinajstić information content (AvgIpc) is 3.02. The summed E-state index contributed by atoms with van der Waals surface area (Å²) in [6.07, 6.45) is 9.20. The van der Waals surface area contributed by atoms with Crippen molar-refractivity contribution >= 4 is 29.4 Å². The number of carbonyl (C=O) groups is 5. The number of rotatable bonds is 31. The van der Waals surface area contributed by atoms with Gasteiger partial charge in [-0.05, 0) is 98.3 Å². The molecule has 0 fully saturated rings. The molecule has 280 valence electrons. The molecule has 0 spiro atoms. The highest BCUT2D eigenvalue weighted by Crippen LogP contribution is 2.10. The summed E-state index contributed by atoms with van der Waals surface area (Å²) in [5, 5.41) is 18.2. The Morgan fingerprint density at radius 1 is 0.542 bits per heavy atom. The normalized spacial score (nSPS) is 14.3. The molecule has 0 aliphatic carbocycles. The van der Waals surface area contributed by atoms with Crippen LogP contribution in [0.3, 0.4) is 0 Å². The molecule has 48 heavy (non-hydrogen) atoms. The van der Waals surface area contributed by atoms with Crippen molar-refractivity contribution in [1.82, 2.24) is 31.9 Å². The van der Waals surface area contributed by atoms with E-state index in [2.05, 4.69) is 31.9 Å². The summed E-state index contributed by atoms with van der Waals surface area (Å²) in [4.78, 5) is 62.7. The molecule has 0 aromatic carbocycles. The minimum absolute atomic E-state index is 0.0203. The van der Waals surface area contributed by atoms with Gasteiger partial charge in [-0.1, -0.05) is 13.3 Å². The molecule has 0 saturated heterocycles. The minimum atomic E-state index is -0.441. The van der Waals surface area contributed by atoms with Gasteiger partial charge in [-0.25, -0.2) is 0 Å². The van der Waals surface area contributed by atoms with Crippen molar-refractivity contribution in [2.24, 2.45) is 17.2 Å². The van der Waals surface area contributed by atoms with E-state index in [1.54, 1.807) is 0 Å². The van der Waals surface area contributed by atoms with Crippen molar-refractivity contribution < 1.29 is 24.0 Å². The van der Waals surface area contributed by atoms with Gasteiger partial charge < -0.3 is 49.1 Å². The summed E-state index contributed by atoms with van der Waals surface area (Å²) in [6.45, 7) is 5.58. The Balaban J connectivity index is 5.08. The predicted molar refractivity (Wildman–Crippen MR) is 192 cm³/mol. The molecule has 0 aliphatic rings. The summed E-state index contributed by atoms with van der Waals surface area (Å²) >= 11 is 0. The molecule has 5 atom stereocenters. The number of carbonyl (C=O) groups excluding carboxylic acids is 5. The number of nitrogens with one attached hydrogen (secondary N) is 6. The lowest BCUT2D eigenvalue weighted by molar-refractivity contribution is -0.125. The maximum absolute atomic E-state index is 13.2. The van der Waals surface area contributed by atoms with Gasteiger partial charge in [-0.3, -0.25) is 24.0 Å². The molecule has 0 aliphatic heterocycles. The van der Waals surface area contributed by atoms with Crippen molar-refractivity contribution in [3.63, 3.8) is 0 Å². The van der Waals surface area contributed by atoms with E-state index in [1.807, 2.05) is 21.0 Å². The number of unbranched alkanes of at least 4 members (excludes halogenated alkanes) is 1. The summed E-state index contributed by atoms with van der Waals surface area (Å²) < 4.78 is 0. The molecule has 14 heteroatoms. The molecular weight excluding hydrogens is 614 g/mol. The van der Waals surface area contributed by atoms with E-state index in [4.69, 9.17) is 17.2 Å². The zero-order valence-corrected chi connectivity index (χ0v) is 30.3. The standard InChI is InChI=1S/C34H69N9O5/c1-5-11-26(37)21-31(45)41-19-10-15-30(43-33(47)23-28(39-4)14-9-17-36)24-34(48)42-29(20-25(2)44)12-6-7-18-40-32(46)22-27(38-3)13-8-16-35/h26-30,38-39H,5-24,35-37H2,1-4H3,(H,40,46)(H,41,45)(H,42,48)(H,43,47). The lowest BCUT2D eigenvalue weighted by atomic mass is 10.0. The number of amides is 4. The monoisotopic (exact) mass is 684 g/mol. The highest BCUT2D eigenvalue weighted by Gasteiger charge is 2.22. The van der Waals surface area contributed by atoms with Crippen molar-refractivity contribution in [3.8, 4) is 0 Å². The van der Waals surface area contributed by atoms with Crippen LogP contribution in [0.5, 0.6) is 0 Å². The highest BCUT2D eigenvalue weighted by atomic mass is 16.2. The van der Waals surface area contributed by atoms with Gasteiger partial charge in [0, 0.05) is 75.4 Å². The van der Waals surface area contributed by atoms with Gasteiger partial charge in [-0.2, -0.15) is 0 Å². The average molecular weight is 684 g/mol. The Hall–Kier alpha value is -2.65. The Bertz CT molecular complexity index is 908. The van der Waals surface area contributed by atoms with E-state index in [-0.39, 0.29) is 79.3 Å². The van der Waals surface area contributed by atoms with E-state index in [0.29, 0.717) is 58.3 Å². The molecule has 14 nitrogen and oxygen atoms in total. The molecule has 0 aromatic rings. The smallest absolute Gasteiger partial charge is 0.222 e. The topological polar surface area (TPSA) is 236 Å². The maximum Gasteiger partial charge on any atom is 0.222 e. The first kappa shape index (κ1) is 45.3. The van der Waals surface area contributed by atoms with Crippen LogP contribution < -0.4 is 49.1 Å². The third-order valence-corrected chi connectivity index (χ3v) is 8.35. The fourth-order valence-electron chi connectivity index (χ4n) is 5.64. The second kappa shape index (κ2) is 29.3. The Labute approximate surface area is 289 Å². The molecule has 12 N–H and O–H groups in total. The molecular formula is C34H69N9O5. The van der Waals surface area contributed by atoms with Gasteiger partial charge >= 0.3 is 0 Å². The van der Waals surface area contributed by atoms with Crippen LogP contribution in [0.25, 0.3) is 0 Å². The van der Waals surface area contributed by atoms with Crippen LogP contribution in [0, 0.1) is 0 Å². The maximum atomic E-state index is 13.2. The quantitative estimate of drug-likeness (QED) is 0.0458. The fourth-order valence-corrected chi connectivity index (χ4v) is 5.64. The zero-order valence-electron chi connectivity index (χ0n) is 30.3. The van der Waals surface area contributed by atoms with Gasteiger partial charge in [-0.15, -0.1) is 0 Å². The van der Waals surface area contributed by atoms with Crippen LogP contribution in [0.15, 0.2) is 0 Å². The highest BCUT2D eigenvalue weighted by molar-refractivity contribution is 5.81. The number of Topliss-reactive ketones (excluding diaryl/α,β-unsaturated/α-hetero) is 1. The van der Waals surface area contributed by atoms with Crippen LogP contribution in [0.1, 0.15) is 117 Å². The number of hydrogen-bond donors (Lipinski definition) is 9. The minimum Gasteiger partial charge on any atom is -0.356 e. The molecule has 0 bridgehead atoms. The zero-order chi connectivity index (χ0) is 36.2. The van der Waals surface area contributed by atoms with Gasteiger partial charge in [0.05, 0.1) is 0 Å². The van der Waals surface area contributed by atoms with E-state index >= 15 is 0 Å². The lowest BCUT2D eigenvalue weighted by Gasteiger charge is -2.23. The van der Waals surface area contributed by atoms with Gasteiger partial charge in [0.15, 0.2) is 0 Å². The first-order valence-electron chi connectivity index (χ1n) is 18.1. The van der Waals surface area contributed by atoms with Crippen molar-refractivity contribution in [2.75, 3.05) is 40.3 Å². The summed E-state index contributed by atoms with van der Waals surface area (Å²) in [5.41, 5.74) is 17.2. The Kier molecular flexibility index (Phi) is 27.7. The summed E-state index contributed by atoms with van der Waals surface area (Å²) in [6, 6.07) is -0.895. The van der Waals surface area contributed by atoms with E-state index in [1.165, 1.54) is 6.92 Å². The van der Waals surface area contributed by atoms with Crippen LogP contribution >= 0.6 is 0 Å². The summed E-state index contributed by atoms with van der Waals surface area (Å²) in [5.74, 6) is -0.575. The third kappa shape index (κ3) is 25.4. The molecule has 0 radical (unpaired) electrons. The van der Waals surface area contributed by atoms with Crippen LogP contribution in [0.4, 0.5) is 0 Å². The van der Waals surface area contributed by atoms with E-state index in [9.17, 15) is 24.0 Å². The van der Waals surface area contributed by atoms with Gasteiger partial charge in [0.2, 0.25) is 23.6 Å². The van der Waals surface area contributed by atoms with Gasteiger partial charge in [0.1, 0.15) is 5.78 Å². The molecule has 0 rings (SSSR count). The molecule has 0 aromatic heterocycles. The molecule has 0 heterocycles. The second-order valence-electron chi connectivity index (χ2n) is 13.0. The number of hydrogen-bond acceptors (Lipinski definition) is 10. The molecule has 4 amide bonds. The summed E-state index contributed by atoms with van der Waals surface area (Å²) in [7, 11) is 3.64. The second-order valence-corrected chi connectivity index (χ2v) is 13.0. The van der Waals surface area contributed by atoms with Crippen LogP contribution in [0.2, 0.25) is 0 Å². The van der Waals surface area contributed by atoms with Crippen molar-refractivity contribution in [3.05, 3.63) is 0 Å². The predicted octanol–water partition coefficient (Wildman–Crippen LogP) is 0.460. The fraction of sp³-hybridized carbons (Fsp3) is 0.853. The Morgan fingerprint density at radius 3 is 1.48 bits per heavy atom. The van der Waals surface area contributed by atoms with Crippen LogP contribution in [-0.2, 0) is 24.0 Å². The molecule has 0 saturated carbocycles. The molecule has 5 unspecified atom stereocenters. The third-order valence-electron chi connectivity index (χ3n) is 8.35. The van der Waals surface area contributed by atoms with Crippen molar-refractivity contribution in [2.45, 2.75) is 147 Å². The Morgan fingerprint density at radius 2 is 0.979 bits per heavy atom. The number of nitrogens with two attached hydrogens (primary N) is 3. The largest absolute Gasteiger partial charge is 0.356 e. The first-order valence-corrected chi connectivity index (χ1v) is 18.1. The van der Waals surface area contributed by atoms with Crippen LogP contribution in [-0.4, -0.2) is 99.9 Å². The van der Waals surface area contributed by atoms with E-state index in [0.717, 1.165) is 44.9 Å². The van der Waals surface area contributed by atoms with Crippen molar-refractivity contribution in [1.29, 1.82) is 0 Å². The van der Waals surface area contributed by atoms with Gasteiger partial charge in [0.25, 0.3) is 0 Å². The first-order chi connectivity index (χ1) is 23.0. The lowest BCUT2D eigenvalue weighted by Crippen LogP contribution is -2.44. The van der Waals surface area contributed by atoms with E-state index < -0.39 is 6.04 Å².